The van der Waals surface area contributed by atoms with Crippen molar-refractivity contribution < 1.29 is 0 Å². The highest BCUT2D eigenvalue weighted by molar-refractivity contribution is 6.31. The van der Waals surface area contributed by atoms with E-state index in [4.69, 9.17) is 51.5 Å². The van der Waals surface area contributed by atoms with Gasteiger partial charge in [-0.3, -0.25) is 0 Å². The first-order valence-corrected chi connectivity index (χ1v) is 15.1. The molecule has 2 nitrogen and oxygen atoms in total. The second kappa shape index (κ2) is 13.1. The van der Waals surface area contributed by atoms with Gasteiger partial charge in [-0.25, -0.2) is 4.68 Å². The van der Waals surface area contributed by atoms with E-state index < -0.39 is 0 Å². The second-order valence-electron chi connectivity index (χ2n) is 9.89. The Bertz CT molecular complexity index is 1780. The molecule has 1 aromatic heterocycles. The van der Waals surface area contributed by atoms with Gasteiger partial charge in [0.05, 0.1) is 5.69 Å². The predicted octanol–water partition coefficient (Wildman–Crippen LogP) is 11.7. The van der Waals surface area contributed by atoms with E-state index in [9.17, 15) is 0 Å². The first-order valence-electron chi connectivity index (χ1n) is 13.5. The van der Waals surface area contributed by atoms with Crippen LogP contribution in [-0.4, -0.2) is 9.78 Å². The second-order valence-corrected chi connectivity index (χ2v) is 11.6. The SMILES string of the molecule is Clc1ccc(/C=C(\c2ccc(Cl)cc2)c2cccc(/C(=C/c3ccc(Cl)cc3)c3ccc(Cl)cc3)c2-n2cccn2)cc1. The predicted molar refractivity (Wildman–Crippen MR) is 183 cm³/mol. The van der Waals surface area contributed by atoms with Crippen LogP contribution in [0.15, 0.2) is 134 Å². The van der Waals surface area contributed by atoms with Crippen molar-refractivity contribution in [1.29, 1.82) is 0 Å². The molecular formula is C37H24Cl4N2. The van der Waals surface area contributed by atoms with Gasteiger partial charge in [0, 0.05) is 43.6 Å². The van der Waals surface area contributed by atoms with Crippen molar-refractivity contribution in [1.82, 2.24) is 9.78 Å². The molecular weight excluding hydrogens is 614 g/mol. The first kappa shape index (κ1) is 29.0. The zero-order chi connectivity index (χ0) is 29.8. The van der Waals surface area contributed by atoms with Gasteiger partial charge in [-0.1, -0.05) is 113 Å². The molecule has 5 aromatic carbocycles. The van der Waals surface area contributed by atoms with Crippen molar-refractivity contribution in [2.45, 2.75) is 0 Å². The van der Waals surface area contributed by atoms with Crippen LogP contribution in [0, 0.1) is 0 Å². The molecule has 6 rings (SSSR count). The quantitative estimate of drug-likeness (QED) is 0.159. The fourth-order valence-corrected chi connectivity index (χ4v) is 5.47. The zero-order valence-electron chi connectivity index (χ0n) is 22.8. The number of hydrogen-bond acceptors (Lipinski definition) is 1. The maximum absolute atomic E-state index is 6.31. The van der Waals surface area contributed by atoms with Crippen molar-refractivity contribution in [2.24, 2.45) is 0 Å². The molecule has 0 amide bonds. The van der Waals surface area contributed by atoms with Crippen LogP contribution in [0.25, 0.3) is 29.0 Å². The summed E-state index contributed by atoms with van der Waals surface area (Å²) in [5.74, 6) is 0. The van der Waals surface area contributed by atoms with Gasteiger partial charge >= 0.3 is 0 Å². The normalized spacial score (nSPS) is 12.0. The maximum Gasteiger partial charge on any atom is 0.0802 e. The molecule has 0 N–H and O–H groups in total. The fraction of sp³-hybridized carbons (Fsp3) is 0. The molecule has 0 aliphatic heterocycles. The van der Waals surface area contributed by atoms with Crippen LogP contribution in [0.3, 0.4) is 0 Å². The lowest BCUT2D eigenvalue weighted by molar-refractivity contribution is 0.875. The Morgan fingerprint density at radius 2 is 0.884 bits per heavy atom. The zero-order valence-corrected chi connectivity index (χ0v) is 25.8. The number of benzene rings is 5. The summed E-state index contributed by atoms with van der Waals surface area (Å²) in [6.07, 6.45) is 8.08. The van der Waals surface area contributed by atoms with E-state index in [1.807, 2.05) is 114 Å². The average Bonchev–Trinajstić information content (AvgIpc) is 3.56. The molecule has 0 aliphatic carbocycles. The topological polar surface area (TPSA) is 17.8 Å². The van der Waals surface area contributed by atoms with Crippen molar-refractivity contribution in [3.8, 4) is 5.69 Å². The lowest BCUT2D eigenvalue weighted by Gasteiger charge is -2.20. The third-order valence-corrected chi connectivity index (χ3v) is 8.03. The number of nitrogens with zero attached hydrogens (tertiary/aromatic N) is 2. The number of halogens is 4. The molecule has 0 radical (unpaired) electrons. The molecule has 6 aromatic rings. The molecule has 0 atom stereocenters. The summed E-state index contributed by atoms with van der Waals surface area (Å²) in [4.78, 5) is 0. The highest BCUT2D eigenvalue weighted by Gasteiger charge is 2.20. The van der Waals surface area contributed by atoms with E-state index in [-0.39, 0.29) is 0 Å². The van der Waals surface area contributed by atoms with Gasteiger partial charge in [0.25, 0.3) is 0 Å². The molecule has 0 spiro atoms. The summed E-state index contributed by atoms with van der Waals surface area (Å²) in [5.41, 5.74) is 8.99. The molecule has 43 heavy (non-hydrogen) atoms. The number of aromatic nitrogens is 2. The third-order valence-electron chi connectivity index (χ3n) is 7.02. The Labute approximate surface area is 271 Å². The average molecular weight is 638 g/mol. The Kier molecular flexibility index (Phi) is 8.83. The number of para-hydroxylation sites is 1. The Balaban J connectivity index is 1.65. The third kappa shape index (κ3) is 6.80. The number of hydrogen-bond donors (Lipinski definition) is 0. The van der Waals surface area contributed by atoms with Crippen molar-refractivity contribution in [3.05, 3.63) is 187 Å². The highest BCUT2D eigenvalue weighted by atomic mass is 35.5. The Morgan fingerprint density at radius 1 is 0.488 bits per heavy atom. The molecule has 0 saturated heterocycles. The summed E-state index contributed by atoms with van der Waals surface area (Å²) < 4.78 is 1.92. The summed E-state index contributed by atoms with van der Waals surface area (Å²) in [7, 11) is 0. The van der Waals surface area contributed by atoms with Gasteiger partial charge in [0.2, 0.25) is 0 Å². The monoisotopic (exact) mass is 636 g/mol. The molecule has 1 heterocycles. The van der Waals surface area contributed by atoms with E-state index in [0.29, 0.717) is 20.1 Å². The van der Waals surface area contributed by atoms with Crippen LogP contribution < -0.4 is 0 Å². The lowest BCUT2D eigenvalue weighted by Crippen LogP contribution is -2.06. The standard InChI is InChI=1S/C37H24Cl4N2/c38-29-13-5-25(6-14-29)23-35(27-9-17-31(40)18-10-27)33-3-1-4-34(37(33)43-22-2-21-42-43)36(28-11-19-32(41)20-12-28)24-26-7-15-30(39)16-8-26/h1-24H/b35-23+,36-24+. The van der Waals surface area contributed by atoms with E-state index >= 15 is 0 Å². The van der Waals surface area contributed by atoms with E-state index in [1.54, 1.807) is 6.20 Å². The molecule has 0 fully saturated rings. The highest BCUT2D eigenvalue weighted by Crippen LogP contribution is 2.38. The van der Waals surface area contributed by atoms with Gasteiger partial charge < -0.3 is 0 Å². The first-order chi connectivity index (χ1) is 20.9. The van der Waals surface area contributed by atoms with Gasteiger partial charge in [0.1, 0.15) is 0 Å². The van der Waals surface area contributed by atoms with E-state index in [2.05, 4.69) is 30.4 Å². The Morgan fingerprint density at radius 3 is 1.26 bits per heavy atom. The summed E-state index contributed by atoms with van der Waals surface area (Å²) in [6.45, 7) is 0. The van der Waals surface area contributed by atoms with Crippen molar-refractivity contribution in [2.75, 3.05) is 0 Å². The van der Waals surface area contributed by atoms with Crippen LogP contribution in [-0.2, 0) is 0 Å². The van der Waals surface area contributed by atoms with Crippen LogP contribution in [0.2, 0.25) is 20.1 Å². The molecule has 0 saturated carbocycles. The summed E-state index contributed by atoms with van der Waals surface area (Å²) in [6, 6.07) is 39.6. The molecule has 0 unspecified atom stereocenters. The van der Waals surface area contributed by atoms with Gasteiger partial charge in [-0.15, -0.1) is 0 Å². The van der Waals surface area contributed by atoms with Crippen LogP contribution in [0.1, 0.15) is 33.4 Å². The van der Waals surface area contributed by atoms with E-state index in [1.165, 1.54) is 0 Å². The minimum absolute atomic E-state index is 0.673. The van der Waals surface area contributed by atoms with E-state index in [0.717, 1.165) is 50.2 Å². The molecule has 0 aliphatic rings. The molecule has 0 bridgehead atoms. The smallest absolute Gasteiger partial charge is 0.0802 e. The van der Waals surface area contributed by atoms with Gasteiger partial charge in [-0.05, 0) is 100 Å². The largest absolute Gasteiger partial charge is 0.240 e. The summed E-state index contributed by atoms with van der Waals surface area (Å²) >= 11 is 25.1. The van der Waals surface area contributed by atoms with Gasteiger partial charge in [-0.2, -0.15) is 5.10 Å². The summed E-state index contributed by atoms with van der Waals surface area (Å²) in [5, 5.41) is 7.43. The fourth-order valence-electron chi connectivity index (χ4n) is 4.97. The lowest BCUT2D eigenvalue weighted by atomic mass is 9.88. The molecule has 210 valence electrons. The number of rotatable bonds is 7. The minimum atomic E-state index is 0.673. The maximum atomic E-state index is 6.31. The van der Waals surface area contributed by atoms with Crippen LogP contribution >= 0.6 is 46.4 Å². The van der Waals surface area contributed by atoms with Crippen molar-refractivity contribution >= 4 is 69.7 Å². The van der Waals surface area contributed by atoms with Gasteiger partial charge in [0.15, 0.2) is 0 Å². The Hall–Kier alpha value is -4.05. The molecule has 6 heteroatoms. The minimum Gasteiger partial charge on any atom is -0.240 e. The van der Waals surface area contributed by atoms with Crippen LogP contribution in [0.4, 0.5) is 0 Å². The van der Waals surface area contributed by atoms with Crippen LogP contribution in [0.5, 0.6) is 0 Å². The van der Waals surface area contributed by atoms with Crippen molar-refractivity contribution in [3.63, 3.8) is 0 Å².